The second-order valence-electron chi connectivity index (χ2n) is 7.79. The highest BCUT2D eigenvalue weighted by atomic mass is 19.4. The number of hydrogen-bond acceptors (Lipinski definition) is 2. The fraction of sp³-hybridized carbons (Fsp3) is 0.217. The average Bonchev–Trinajstić information content (AvgIpc) is 2.67. The van der Waals surface area contributed by atoms with Crippen LogP contribution in [0.2, 0.25) is 0 Å². The largest absolute Gasteiger partial charge is 0.416 e. The number of benzene rings is 2. The van der Waals surface area contributed by atoms with E-state index in [1.165, 1.54) is 0 Å². The second kappa shape index (κ2) is 7.70. The van der Waals surface area contributed by atoms with Crippen molar-refractivity contribution in [3.8, 4) is 11.3 Å². The molecule has 0 bridgehead atoms. The number of carbonyl (C=O) groups excluding carboxylic acids is 1. The van der Waals surface area contributed by atoms with Crippen LogP contribution in [0.25, 0.3) is 11.3 Å². The number of aromatic nitrogens is 1. The Balaban J connectivity index is 1.74. The van der Waals surface area contributed by atoms with E-state index in [-0.39, 0.29) is 17.0 Å². The number of amides is 1. The third-order valence-electron chi connectivity index (χ3n) is 4.54. The van der Waals surface area contributed by atoms with E-state index in [9.17, 15) is 18.0 Å². The first kappa shape index (κ1) is 20.6. The highest BCUT2D eigenvalue weighted by Gasteiger charge is 2.30. The second-order valence-corrected chi connectivity index (χ2v) is 7.79. The minimum atomic E-state index is -4.43. The number of nitrogens with one attached hydrogen (secondary N) is 1. The molecule has 0 saturated heterocycles. The Bertz CT molecular complexity index is 1000. The molecule has 3 aromatic rings. The molecule has 1 aromatic heterocycles. The van der Waals surface area contributed by atoms with Crippen molar-refractivity contribution in [3.05, 3.63) is 83.6 Å². The fourth-order valence-electron chi connectivity index (χ4n) is 2.81. The Morgan fingerprint density at radius 2 is 1.48 bits per heavy atom. The number of anilines is 1. The van der Waals surface area contributed by atoms with E-state index in [1.807, 2.05) is 24.3 Å². The Hall–Kier alpha value is -3.15. The third-order valence-corrected chi connectivity index (χ3v) is 4.54. The molecule has 29 heavy (non-hydrogen) atoms. The third kappa shape index (κ3) is 5.02. The van der Waals surface area contributed by atoms with Gasteiger partial charge in [0.05, 0.1) is 11.3 Å². The lowest BCUT2D eigenvalue weighted by Crippen LogP contribution is -2.13. The predicted molar refractivity (Wildman–Crippen MR) is 108 cm³/mol. The van der Waals surface area contributed by atoms with Gasteiger partial charge in [0, 0.05) is 23.0 Å². The molecule has 0 aliphatic heterocycles. The topological polar surface area (TPSA) is 42.0 Å². The summed E-state index contributed by atoms with van der Waals surface area (Å²) in [5, 5.41) is 2.82. The highest BCUT2D eigenvalue weighted by Crippen LogP contribution is 2.31. The van der Waals surface area contributed by atoms with Crippen LogP contribution in [-0.2, 0) is 11.6 Å². The van der Waals surface area contributed by atoms with E-state index < -0.39 is 11.7 Å². The SMILES string of the molecule is CC(C)(C)c1ccc(NC(=O)c2ccc(-c3cc(C(F)(F)F)ccn3)cc2)cc1. The lowest BCUT2D eigenvalue weighted by molar-refractivity contribution is -0.137. The molecule has 0 spiro atoms. The monoisotopic (exact) mass is 398 g/mol. The van der Waals surface area contributed by atoms with Crippen LogP contribution in [0.3, 0.4) is 0 Å². The van der Waals surface area contributed by atoms with E-state index in [1.54, 1.807) is 24.3 Å². The van der Waals surface area contributed by atoms with Crippen molar-refractivity contribution >= 4 is 11.6 Å². The molecule has 1 heterocycles. The number of halogens is 3. The van der Waals surface area contributed by atoms with Crippen LogP contribution in [0, 0.1) is 0 Å². The van der Waals surface area contributed by atoms with Crippen LogP contribution in [-0.4, -0.2) is 10.9 Å². The molecule has 0 atom stereocenters. The molecule has 0 unspecified atom stereocenters. The van der Waals surface area contributed by atoms with Gasteiger partial charge in [0.1, 0.15) is 0 Å². The summed E-state index contributed by atoms with van der Waals surface area (Å²) in [7, 11) is 0. The molecule has 1 N–H and O–H groups in total. The molecule has 0 radical (unpaired) electrons. The standard InChI is InChI=1S/C23H21F3N2O/c1-22(2,3)17-8-10-19(11-9-17)28-21(29)16-6-4-15(5-7-16)20-14-18(12-13-27-20)23(24,25)26/h4-14H,1-3H3,(H,28,29). The van der Waals surface area contributed by atoms with Crippen molar-refractivity contribution in [1.29, 1.82) is 0 Å². The fourth-order valence-corrected chi connectivity index (χ4v) is 2.81. The smallest absolute Gasteiger partial charge is 0.322 e. The summed E-state index contributed by atoms with van der Waals surface area (Å²) in [5.41, 5.74) is 2.20. The maximum Gasteiger partial charge on any atom is 0.416 e. The van der Waals surface area contributed by atoms with Crippen molar-refractivity contribution in [2.75, 3.05) is 5.32 Å². The van der Waals surface area contributed by atoms with Gasteiger partial charge in [-0.3, -0.25) is 9.78 Å². The first-order chi connectivity index (χ1) is 13.5. The van der Waals surface area contributed by atoms with Crippen molar-refractivity contribution in [1.82, 2.24) is 4.98 Å². The number of pyridine rings is 1. The van der Waals surface area contributed by atoms with Crippen LogP contribution in [0.1, 0.15) is 42.3 Å². The number of nitrogens with zero attached hydrogens (tertiary/aromatic N) is 1. The molecule has 0 saturated carbocycles. The van der Waals surface area contributed by atoms with Gasteiger partial charge in [-0.2, -0.15) is 13.2 Å². The Labute approximate surface area is 167 Å². The molecule has 150 valence electrons. The molecule has 3 rings (SSSR count). The Kier molecular flexibility index (Phi) is 5.46. The predicted octanol–water partition coefficient (Wildman–Crippen LogP) is 6.32. The van der Waals surface area contributed by atoms with Gasteiger partial charge in [-0.05, 0) is 47.4 Å². The molecule has 6 heteroatoms. The maximum atomic E-state index is 12.9. The quantitative estimate of drug-likeness (QED) is 0.561. The molecule has 2 aromatic carbocycles. The van der Waals surface area contributed by atoms with Crippen molar-refractivity contribution in [2.45, 2.75) is 32.4 Å². The van der Waals surface area contributed by atoms with Crippen LogP contribution in [0.5, 0.6) is 0 Å². The number of hydrogen-bond donors (Lipinski definition) is 1. The number of carbonyl (C=O) groups is 1. The average molecular weight is 398 g/mol. The van der Waals surface area contributed by atoms with Crippen LogP contribution >= 0.6 is 0 Å². The van der Waals surface area contributed by atoms with Crippen molar-refractivity contribution < 1.29 is 18.0 Å². The summed E-state index contributed by atoms with van der Waals surface area (Å²) in [6.45, 7) is 6.34. The van der Waals surface area contributed by atoms with Gasteiger partial charge in [-0.15, -0.1) is 0 Å². The van der Waals surface area contributed by atoms with Gasteiger partial charge in [0.15, 0.2) is 0 Å². The summed E-state index contributed by atoms with van der Waals surface area (Å²) in [6, 6.07) is 15.9. The molecule has 0 fully saturated rings. The molecule has 3 nitrogen and oxygen atoms in total. The molecule has 1 amide bonds. The zero-order valence-corrected chi connectivity index (χ0v) is 16.3. The molecule has 0 aliphatic carbocycles. The summed E-state index contributed by atoms with van der Waals surface area (Å²) < 4.78 is 38.6. The van der Waals surface area contributed by atoms with E-state index in [0.29, 0.717) is 16.8 Å². The van der Waals surface area contributed by atoms with Gasteiger partial charge in [0.25, 0.3) is 5.91 Å². The van der Waals surface area contributed by atoms with Crippen LogP contribution in [0.4, 0.5) is 18.9 Å². The van der Waals surface area contributed by atoms with E-state index in [0.717, 1.165) is 23.9 Å². The molecular weight excluding hydrogens is 377 g/mol. The number of rotatable bonds is 3. The zero-order valence-electron chi connectivity index (χ0n) is 16.3. The Morgan fingerprint density at radius 1 is 0.862 bits per heavy atom. The summed E-state index contributed by atoms with van der Waals surface area (Å²) in [5.74, 6) is -0.294. The maximum absolute atomic E-state index is 12.9. The van der Waals surface area contributed by atoms with Gasteiger partial charge < -0.3 is 5.32 Å². The minimum absolute atomic E-state index is 0.0236. The van der Waals surface area contributed by atoms with E-state index >= 15 is 0 Å². The lowest BCUT2D eigenvalue weighted by Gasteiger charge is -2.19. The van der Waals surface area contributed by atoms with Crippen LogP contribution < -0.4 is 5.32 Å². The van der Waals surface area contributed by atoms with Crippen LogP contribution in [0.15, 0.2) is 66.9 Å². The van der Waals surface area contributed by atoms with Gasteiger partial charge in [0.2, 0.25) is 0 Å². The summed E-state index contributed by atoms with van der Waals surface area (Å²) in [4.78, 5) is 16.4. The van der Waals surface area contributed by atoms with E-state index in [2.05, 4.69) is 31.1 Å². The zero-order chi connectivity index (χ0) is 21.2. The molecular formula is C23H21F3N2O. The Morgan fingerprint density at radius 3 is 2.03 bits per heavy atom. The van der Waals surface area contributed by atoms with E-state index in [4.69, 9.17) is 0 Å². The van der Waals surface area contributed by atoms with Gasteiger partial charge >= 0.3 is 6.18 Å². The number of alkyl halides is 3. The lowest BCUT2D eigenvalue weighted by atomic mass is 9.87. The van der Waals surface area contributed by atoms with Crippen molar-refractivity contribution in [2.24, 2.45) is 0 Å². The van der Waals surface area contributed by atoms with Crippen molar-refractivity contribution in [3.63, 3.8) is 0 Å². The minimum Gasteiger partial charge on any atom is -0.322 e. The summed E-state index contributed by atoms with van der Waals surface area (Å²) >= 11 is 0. The van der Waals surface area contributed by atoms with Gasteiger partial charge in [-0.25, -0.2) is 0 Å². The van der Waals surface area contributed by atoms with Gasteiger partial charge in [-0.1, -0.05) is 45.0 Å². The normalized spacial score (nSPS) is 11.9. The first-order valence-electron chi connectivity index (χ1n) is 9.09. The first-order valence-corrected chi connectivity index (χ1v) is 9.09. The summed E-state index contributed by atoms with van der Waals surface area (Å²) in [6.07, 6.45) is -3.31. The molecule has 0 aliphatic rings. The highest BCUT2D eigenvalue weighted by molar-refractivity contribution is 6.04.